The fourth-order valence-electron chi connectivity index (χ4n) is 3.31. The van der Waals surface area contributed by atoms with Crippen LogP contribution >= 0.6 is 0 Å². The molecule has 0 saturated carbocycles. The summed E-state index contributed by atoms with van der Waals surface area (Å²) >= 11 is 0. The lowest BCUT2D eigenvalue weighted by Gasteiger charge is -2.13. The van der Waals surface area contributed by atoms with Crippen LogP contribution in [0.5, 0.6) is 11.5 Å². The minimum atomic E-state index is -0.341. The van der Waals surface area contributed by atoms with Crippen molar-refractivity contribution >= 4 is 23.6 Å². The van der Waals surface area contributed by atoms with Crippen LogP contribution < -0.4 is 20.1 Å². The molecule has 1 fully saturated rings. The van der Waals surface area contributed by atoms with E-state index in [0.717, 1.165) is 25.0 Å². The van der Waals surface area contributed by atoms with Crippen LogP contribution in [-0.4, -0.2) is 44.8 Å². The first kappa shape index (κ1) is 22.4. The molecule has 1 aliphatic heterocycles. The number of hydrogen-bond donors (Lipinski definition) is 2. The molecule has 7 nitrogen and oxygen atoms in total. The predicted octanol–water partition coefficient (Wildman–Crippen LogP) is 3.65. The maximum Gasteiger partial charge on any atom is 0.253 e. The molecule has 2 aromatic rings. The van der Waals surface area contributed by atoms with E-state index in [0.29, 0.717) is 35.9 Å². The molecule has 31 heavy (non-hydrogen) atoms. The zero-order chi connectivity index (χ0) is 22.1. The minimum Gasteiger partial charge on any atom is -0.493 e. The van der Waals surface area contributed by atoms with Crippen LogP contribution in [0.1, 0.15) is 35.7 Å². The number of carbonyl (C=O) groups excluding carboxylic acids is 2. The number of benzene rings is 2. The zero-order valence-electron chi connectivity index (χ0n) is 17.9. The average molecular weight is 424 g/mol. The number of anilines is 1. The Kier molecular flexibility index (Phi) is 8.06. The number of hydrogen-bond acceptors (Lipinski definition) is 5. The molecule has 2 N–H and O–H groups in total. The molecule has 0 bridgehead atoms. The number of amides is 2. The molecule has 0 spiro atoms. The van der Waals surface area contributed by atoms with Gasteiger partial charge in [0.15, 0.2) is 11.5 Å². The SMILES string of the molecule is CCOc1ccc(/C=C/C(=O)Nc2ccccc2C(=O)NCC2CCCO2)cc1OC. The van der Waals surface area contributed by atoms with Gasteiger partial charge in [-0.15, -0.1) is 0 Å². The molecule has 0 radical (unpaired) electrons. The van der Waals surface area contributed by atoms with Gasteiger partial charge in [-0.1, -0.05) is 18.2 Å². The third kappa shape index (κ3) is 6.33. The van der Waals surface area contributed by atoms with E-state index in [1.54, 1.807) is 49.6 Å². The molecule has 2 amide bonds. The molecular weight excluding hydrogens is 396 g/mol. The Bertz CT molecular complexity index is 935. The highest BCUT2D eigenvalue weighted by Gasteiger charge is 2.18. The van der Waals surface area contributed by atoms with Crippen LogP contribution in [0.15, 0.2) is 48.5 Å². The highest BCUT2D eigenvalue weighted by atomic mass is 16.5. The molecule has 1 atom stereocenters. The smallest absolute Gasteiger partial charge is 0.253 e. The van der Waals surface area contributed by atoms with Gasteiger partial charge in [-0.2, -0.15) is 0 Å². The second-order valence-corrected chi connectivity index (χ2v) is 7.06. The Balaban J connectivity index is 1.63. The Morgan fingerprint density at radius 2 is 2.03 bits per heavy atom. The van der Waals surface area contributed by atoms with Crippen molar-refractivity contribution in [1.29, 1.82) is 0 Å². The predicted molar refractivity (Wildman–Crippen MR) is 120 cm³/mol. The monoisotopic (exact) mass is 424 g/mol. The average Bonchev–Trinajstić information content (AvgIpc) is 3.31. The maximum atomic E-state index is 12.6. The molecule has 7 heteroatoms. The normalized spacial score (nSPS) is 15.6. The third-order valence-electron chi connectivity index (χ3n) is 4.86. The third-order valence-corrected chi connectivity index (χ3v) is 4.86. The van der Waals surface area contributed by atoms with E-state index in [4.69, 9.17) is 14.2 Å². The van der Waals surface area contributed by atoms with Gasteiger partial charge in [-0.05, 0) is 55.7 Å². The van der Waals surface area contributed by atoms with Crippen LogP contribution in [0.4, 0.5) is 5.69 Å². The van der Waals surface area contributed by atoms with Gasteiger partial charge in [0, 0.05) is 19.2 Å². The van der Waals surface area contributed by atoms with Gasteiger partial charge in [0.1, 0.15) is 0 Å². The van der Waals surface area contributed by atoms with E-state index in [1.165, 1.54) is 6.08 Å². The summed E-state index contributed by atoms with van der Waals surface area (Å²) in [4.78, 5) is 25.0. The van der Waals surface area contributed by atoms with Gasteiger partial charge in [0.25, 0.3) is 5.91 Å². The summed E-state index contributed by atoms with van der Waals surface area (Å²) in [5.41, 5.74) is 1.65. The van der Waals surface area contributed by atoms with Crippen LogP contribution in [0.2, 0.25) is 0 Å². The van der Waals surface area contributed by atoms with Crippen LogP contribution in [0.3, 0.4) is 0 Å². The van der Waals surface area contributed by atoms with Gasteiger partial charge in [-0.3, -0.25) is 9.59 Å². The van der Waals surface area contributed by atoms with Crippen LogP contribution in [-0.2, 0) is 9.53 Å². The standard InChI is InChI=1S/C24H28N2O5/c1-3-30-21-12-10-17(15-22(21)29-2)11-13-23(27)26-20-9-5-4-8-19(20)24(28)25-16-18-7-6-14-31-18/h4-5,8-13,15,18H,3,6-7,14,16H2,1-2H3,(H,25,28)(H,26,27)/b13-11+. The molecule has 0 aromatic heterocycles. The number of carbonyl (C=O) groups is 2. The summed E-state index contributed by atoms with van der Waals surface area (Å²) in [7, 11) is 1.57. The molecule has 0 aliphatic carbocycles. The molecule has 1 unspecified atom stereocenters. The lowest BCUT2D eigenvalue weighted by molar-refractivity contribution is -0.111. The molecular formula is C24H28N2O5. The molecule has 1 saturated heterocycles. The summed E-state index contributed by atoms with van der Waals surface area (Å²) in [6, 6.07) is 12.3. The number of ether oxygens (including phenoxy) is 3. The van der Waals surface area contributed by atoms with E-state index in [2.05, 4.69) is 10.6 Å². The van der Waals surface area contributed by atoms with E-state index >= 15 is 0 Å². The Morgan fingerprint density at radius 1 is 1.19 bits per heavy atom. The first-order chi connectivity index (χ1) is 15.1. The van der Waals surface area contributed by atoms with Gasteiger partial charge in [0.2, 0.25) is 5.91 Å². The Hall–Kier alpha value is -3.32. The lowest BCUT2D eigenvalue weighted by atomic mass is 10.1. The van der Waals surface area contributed by atoms with Crippen LogP contribution in [0.25, 0.3) is 6.08 Å². The first-order valence-corrected chi connectivity index (χ1v) is 10.4. The fourth-order valence-corrected chi connectivity index (χ4v) is 3.31. The van der Waals surface area contributed by atoms with Gasteiger partial charge >= 0.3 is 0 Å². The van der Waals surface area contributed by atoms with E-state index in [9.17, 15) is 9.59 Å². The number of methoxy groups -OCH3 is 1. The Morgan fingerprint density at radius 3 is 2.77 bits per heavy atom. The van der Waals surface area contributed by atoms with Crippen LogP contribution in [0, 0.1) is 0 Å². The van der Waals surface area contributed by atoms with Crippen molar-refractivity contribution in [2.75, 3.05) is 32.2 Å². The fraction of sp³-hybridized carbons (Fsp3) is 0.333. The first-order valence-electron chi connectivity index (χ1n) is 10.4. The quantitative estimate of drug-likeness (QED) is 0.600. The minimum absolute atomic E-state index is 0.0553. The highest BCUT2D eigenvalue weighted by molar-refractivity contribution is 6.07. The van der Waals surface area contributed by atoms with Crippen molar-refractivity contribution in [2.45, 2.75) is 25.9 Å². The van der Waals surface area contributed by atoms with Gasteiger partial charge < -0.3 is 24.8 Å². The summed E-state index contributed by atoms with van der Waals surface area (Å²) in [6.07, 6.45) is 5.10. The Labute approximate surface area is 182 Å². The van der Waals surface area contributed by atoms with Crippen molar-refractivity contribution in [3.05, 3.63) is 59.7 Å². The lowest BCUT2D eigenvalue weighted by Crippen LogP contribution is -2.32. The summed E-state index contributed by atoms with van der Waals surface area (Å²) in [6.45, 7) is 3.63. The molecule has 3 rings (SSSR count). The second kappa shape index (κ2) is 11.2. The molecule has 1 aliphatic rings. The van der Waals surface area contributed by atoms with E-state index < -0.39 is 0 Å². The van der Waals surface area contributed by atoms with Gasteiger partial charge in [0.05, 0.1) is 31.1 Å². The van der Waals surface area contributed by atoms with Crippen molar-refractivity contribution < 1.29 is 23.8 Å². The number of nitrogens with one attached hydrogen (secondary N) is 2. The van der Waals surface area contributed by atoms with Gasteiger partial charge in [-0.25, -0.2) is 0 Å². The molecule has 164 valence electrons. The summed E-state index contributed by atoms with van der Waals surface area (Å²) in [5, 5.41) is 5.66. The zero-order valence-corrected chi connectivity index (χ0v) is 17.9. The van der Waals surface area contributed by atoms with Crippen molar-refractivity contribution in [3.63, 3.8) is 0 Å². The van der Waals surface area contributed by atoms with E-state index in [-0.39, 0.29) is 17.9 Å². The largest absolute Gasteiger partial charge is 0.493 e. The number of rotatable bonds is 9. The van der Waals surface area contributed by atoms with E-state index in [1.807, 2.05) is 13.0 Å². The van der Waals surface area contributed by atoms with Crippen molar-refractivity contribution in [1.82, 2.24) is 5.32 Å². The topological polar surface area (TPSA) is 85.9 Å². The van der Waals surface area contributed by atoms with Crippen molar-refractivity contribution in [3.8, 4) is 11.5 Å². The summed E-state index contributed by atoms with van der Waals surface area (Å²) < 4.78 is 16.4. The highest BCUT2D eigenvalue weighted by Crippen LogP contribution is 2.28. The number of para-hydroxylation sites is 1. The maximum absolute atomic E-state index is 12.6. The molecule has 2 aromatic carbocycles. The molecule has 1 heterocycles. The second-order valence-electron chi connectivity index (χ2n) is 7.06. The summed E-state index contributed by atoms with van der Waals surface area (Å²) in [5.74, 6) is 0.658. The van der Waals surface area contributed by atoms with Crippen molar-refractivity contribution in [2.24, 2.45) is 0 Å².